The van der Waals surface area contributed by atoms with Gasteiger partial charge in [0.1, 0.15) is 5.75 Å². The highest BCUT2D eigenvalue weighted by Gasteiger charge is 2.17. The van der Waals surface area contributed by atoms with Crippen LogP contribution in [0.25, 0.3) is 0 Å². The van der Waals surface area contributed by atoms with E-state index in [9.17, 15) is 13.2 Å². The van der Waals surface area contributed by atoms with Crippen LogP contribution in [0.4, 0.5) is 0 Å². The largest absolute Gasteiger partial charge is 0.484 e. The van der Waals surface area contributed by atoms with Gasteiger partial charge in [-0.3, -0.25) is 4.79 Å². The highest BCUT2D eigenvalue weighted by atomic mass is 32.2. The summed E-state index contributed by atoms with van der Waals surface area (Å²) < 4.78 is 37.5. The zero-order valence-electron chi connectivity index (χ0n) is 14.7. The highest BCUT2D eigenvalue weighted by Crippen LogP contribution is 2.16. The van der Waals surface area contributed by atoms with Crippen molar-refractivity contribution in [2.45, 2.75) is 37.7 Å². The van der Waals surface area contributed by atoms with Gasteiger partial charge in [0.15, 0.2) is 6.61 Å². The first kappa shape index (κ1) is 19.7. The predicted molar refractivity (Wildman–Crippen MR) is 93.9 cm³/mol. The molecule has 1 aliphatic rings. The molecule has 25 heavy (non-hydrogen) atoms. The second-order valence-electron chi connectivity index (χ2n) is 6.44. The third kappa shape index (κ3) is 6.64. The number of sulfonamides is 1. The summed E-state index contributed by atoms with van der Waals surface area (Å²) in [5.74, 6) is 0.436. The zero-order chi connectivity index (χ0) is 18.3. The molecule has 2 N–H and O–H groups in total. The van der Waals surface area contributed by atoms with Crippen LogP contribution < -0.4 is 14.8 Å². The smallest absolute Gasteiger partial charge is 0.258 e. The van der Waals surface area contributed by atoms with Crippen LogP contribution in [-0.2, 0) is 19.6 Å². The van der Waals surface area contributed by atoms with Crippen LogP contribution in [0.15, 0.2) is 29.2 Å². The third-order valence-corrected chi connectivity index (χ3v) is 5.18. The Labute approximate surface area is 149 Å². The second kappa shape index (κ2) is 9.17. The summed E-state index contributed by atoms with van der Waals surface area (Å²) in [4.78, 5) is 11.9. The molecule has 140 valence electrons. The van der Waals surface area contributed by atoms with E-state index in [1.807, 2.05) is 13.8 Å². The van der Waals surface area contributed by atoms with Gasteiger partial charge in [-0.1, -0.05) is 13.8 Å². The van der Waals surface area contributed by atoms with Crippen molar-refractivity contribution in [2.24, 2.45) is 5.92 Å². The number of hydrogen-bond donors (Lipinski definition) is 2. The molecule has 0 aromatic heterocycles. The average Bonchev–Trinajstić information content (AvgIpc) is 3.10. The van der Waals surface area contributed by atoms with Crippen molar-refractivity contribution in [1.29, 1.82) is 0 Å². The van der Waals surface area contributed by atoms with E-state index >= 15 is 0 Å². The maximum Gasteiger partial charge on any atom is 0.258 e. The molecule has 8 heteroatoms. The van der Waals surface area contributed by atoms with Crippen molar-refractivity contribution >= 4 is 15.9 Å². The molecule has 0 bridgehead atoms. The Morgan fingerprint density at radius 2 is 2.04 bits per heavy atom. The lowest BCUT2D eigenvalue weighted by molar-refractivity contribution is -0.123. The molecule has 1 heterocycles. The Kier molecular flexibility index (Phi) is 7.22. The fourth-order valence-electron chi connectivity index (χ4n) is 2.31. The van der Waals surface area contributed by atoms with Crippen molar-refractivity contribution in [3.05, 3.63) is 24.3 Å². The summed E-state index contributed by atoms with van der Waals surface area (Å²) in [6.07, 6.45) is 2.08. The van der Waals surface area contributed by atoms with Gasteiger partial charge in [-0.25, -0.2) is 13.1 Å². The molecule has 0 unspecified atom stereocenters. The second-order valence-corrected chi connectivity index (χ2v) is 8.21. The van der Waals surface area contributed by atoms with E-state index in [1.165, 1.54) is 24.3 Å². The van der Waals surface area contributed by atoms with E-state index < -0.39 is 10.0 Å². The van der Waals surface area contributed by atoms with Gasteiger partial charge in [0.25, 0.3) is 5.91 Å². The van der Waals surface area contributed by atoms with Gasteiger partial charge < -0.3 is 14.8 Å². The fraction of sp³-hybridized carbons (Fsp3) is 0.588. The summed E-state index contributed by atoms with van der Waals surface area (Å²) in [5, 5.41) is 2.76. The highest BCUT2D eigenvalue weighted by molar-refractivity contribution is 7.89. The number of carbonyl (C=O) groups is 1. The molecule has 1 amide bonds. The van der Waals surface area contributed by atoms with Crippen LogP contribution in [0, 0.1) is 5.92 Å². The van der Waals surface area contributed by atoms with E-state index in [0.29, 0.717) is 18.8 Å². The first-order chi connectivity index (χ1) is 11.9. The van der Waals surface area contributed by atoms with Gasteiger partial charge in [0.05, 0.1) is 11.0 Å². The number of hydrogen-bond acceptors (Lipinski definition) is 5. The Morgan fingerprint density at radius 3 is 2.64 bits per heavy atom. The molecule has 7 nitrogen and oxygen atoms in total. The van der Waals surface area contributed by atoms with Crippen LogP contribution in [0.1, 0.15) is 26.7 Å². The monoisotopic (exact) mass is 370 g/mol. The van der Waals surface area contributed by atoms with Crippen LogP contribution in [0.5, 0.6) is 5.75 Å². The van der Waals surface area contributed by atoms with E-state index in [4.69, 9.17) is 9.47 Å². The molecular formula is C17H26N2O5S. The van der Waals surface area contributed by atoms with E-state index in [2.05, 4.69) is 10.0 Å². The molecule has 1 saturated heterocycles. The summed E-state index contributed by atoms with van der Waals surface area (Å²) in [6, 6.07) is 6.00. The van der Waals surface area contributed by atoms with Crippen molar-refractivity contribution in [3.63, 3.8) is 0 Å². The van der Waals surface area contributed by atoms with Gasteiger partial charge in [-0.2, -0.15) is 0 Å². The molecule has 1 fully saturated rings. The standard InChI is InChI=1S/C17H26N2O5S/c1-13(2)10-19-25(21,22)16-7-5-14(6-8-16)24-12-17(20)18-11-15-4-3-9-23-15/h5-8,13,15,19H,3-4,9-12H2,1-2H3,(H,18,20)/t15-/m1/s1. The lowest BCUT2D eigenvalue weighted by Crippen LogP contribution is -2.35. The molecule has 1 aromatic carbocycles. The molecular weight excluding hydrogens is 344 g/mol. The zero-order valence-corrected chi connectivity index (χ0v) is 15.5. The van der Waals surface area contributed by atoms with Crippen molar-refractivity contribution in [3.8, 4) is 5.75 Å². The van der Waals surface area contributed by atoms with Gasteiger partial charge >= 0.3 is 0 Å². The van der Waals surface area contributed by atoms with Crippen LogP contribution >= 0.6 is 0 Å². The molecule has 0 saturated carbocycles. The number of ether oxygens (including phenoxy) is 2. The van der Waals surface area contributed by atoms with Gasteiger partial charge in [0, 0.05) is 19.7 Å². The normalized spacial score (nSPS) is 17.6. The minimum absolute atomic E-state index is 0.0896. The topological polar surface area (TPSA) is 93.7 Å². The molecule has 1 atom stereocenters. The summed E-state index contributed by atoms with van der Waals surface area (Å²) in [6.45, 7) is 5.36. The molecule has 0 radical (unpaired) electrons. The van der Waals surface area contributed by atoms with Crippen molar-refractivity contribution < 1.29 is 22.7 Å². The molecule has 2 rings (SSSR count). The molecule has 1 aliphatic heterocycles. The average molecular weight is 370 g/mol. The first-order valence-electron chi connectivity index (χ1n) is 8.47. The minimum atomic E-state index is -3.52. The minimum Gasteiger partial charge on any atom is -0.484 e. The van der Waals surface area contributed by atoms with E-state index in [0.717, 1.165) is 19.4 Å². The van der Waals surface area contributed by atoms with E-state index in [1.54, 1.807) is 0 Å². The first-order valence-corrected chi connectivity index (χ1v) is 9.96. The number of carbonyl (C=O) groups excluding carboxylic acids is 1. The summed E-state index contributed by atoms with van der Waals surface area (Å²) in [7, 11) is -3.52. The third-order valence-electron chi connectivity index (χ3n) is 3.74. The Bertz CT molecular complexity index is 652. The lowest BCUT2D eigenvalue weighted by atomic mass is 10.2. The molecule has 1 aromatic rings. The van der Waals surface area contributed by atoms with Crippen molar-refractivity contribution in [2.75, 3.05) is 26.3 Å². The maximum atomic E-state index is 12.1. The van der Waals surface area contributed by atoms with Crippen molar-refractivity contribution in [1.82, 2.24) is 10.0 Å². The number of amides is 1. The van der Waals surface area contributed by atoms with Gasteiger partial charge in [-0.05, 0) is 43.0 Å². The van der Waals surface area contributed by atoms with Crippen LogP contribution in [0.3, 0.4) is 0 Å². The SMILES string of the molecule is CC(C)CNS(=O)(=O)c1ccc(OCC(=O)NC[C@H]2CCCO2)cc1. The molecule has 0 spiro atoms. The Morgan fingerprint density at radius 1 is 1.32 bits per heavy atom. The number of nitrogens with one attached hydrogen (secondary N) is 2. The number of rotatable bonds is 9. The number of benzene rings is 1. The van der Waals surface area contributed by atoms with E-state index in [-0.39, 0.29) is 29.4 Å². The maximum absolute atomic E-state index is 12.1. The van der Waals surface area contributed by atoms with Crippen LogP contribution in [0.2, 0.25) is 0 Å². The fourth-order valence-corrected chi connectivity index (χ4v) is 3.52. The predicted octanol–water partition coefficient (Wildman–Crippen LogP) is 1.29. The Hall–Kier alpha value is -1.64. The summed E-state index contributed by atoms with van der Waals surface area (Å²) in [5.41, 5.74) is 0. The summed E-state index contributed by atoms with van der Waals surface area (Å²) >= 11 is 0. The van der Waals surface area contributed by atoms with Crippen LogP contribution in [-0.4, -0.2) is 46.7 Å². The molecule has 0 aliphatic carbocycles. The van der Waals surface area contributed by atoms with Gasteiger partial charge in [0.2, 0.25) is 10.0 Å². The van der Waals surface area contributed by atoms with Gasteiger partial charge in [-0.15, -0.1) is 0 Å². The lowest BCUT2D eigenvalue weighted by Gasteiger charge is -2.12. The quantitative estimate of drug-likeness (QED) is 0.683. The Balaban J connectivity index is 1.78.